The van der Waals surface area contributed by atoms with Crippen LogP contribution in [0.4, 0.5) is 0 Å². The molecule has 0 saturated heterocycles. The predicted molar refractivity (Wildman–Crippen MR) is 29.9 cm³/mol. The van der Waals surface area contributed by atoms with E-state index < -0.39 is 0 Å². The first-order valence-electron chi connectivity index (χ1n) is 1.94. The van der Waals surface area contributed by atoms with E-state index >= 15 is 0 Å². The normalized spacial score (nSPS) is 7.57. The first kappa shape index (κ1) is 6.17. The standard InChI is InChI=1S/C4H9N3/c1-2-3-7(6)4-5/h2,4-5H,1,3,6H2. The van der Waals surface area contributed by atoms with Gasteiger partial charge in [0.2, 0.25) is 0 Å². The van der Waals surface area contributed by atoms with Crippen LogP contribution in [0.2, 0.25) is 0 Å². The number of nitrogens with zero attached hydrogens (tertiary/aromatic N) is 1. The minimum absolute atomic E-state index is 0.531. The lowest BCUT2D eigenvalue weighted by molar-refractivity contribution is 0.502. The molecule has 0 rings (SSSR count). The maximum atomic E-state index is 6.54. The SMILES string of the molecule is C=CCN(N)C=N. The molecule has 0 spiro atoms. The molecule has 0 aliphatic rings. The highest BCUT2D eigenvalue weighted by Gasteiger charge is 1.79. The Hall–Kier alpha value is -0.830. The van der Waals surface area contributed by atoms with Gasteiger partial charge in [-0.25, -0.2) is 5.84 Å². The average molecular weight is 99.1 g/mol. The summed E-state index contributed by atoms with van der Waals surface area (Å²) in [5, 5.41) is 7.77. The van der Waals surface area contributed by atoms with E-state index in [0.717, 1.165) is 6.34 Å². The number of hydrazine groups is 1. The molecule has 3 nitrogen and oxygen atoms in total. The fraction of sp³-hybridized carbons (Fsp3) is 0.250. The minimum atomic E-state index is 0.531. The van der Waals surface area contributed by atoms with Crippen LogP contribution in [0.5, 0.6) is 0 Å². The number of nitrogens with one attached hydrogen (secondary N) is 1. The Morgan fingerprint density at radius 1 is 1.86 bits per heavy atom. The second-order valence-corrected chi connectivity index (χ2v) is 1.11. The van der Waals surface area contributed by atoms with Crippen LogP contribution in [0.25, 0.3) is 0 Å². The van der Waals surface area contributed by atoms with Crippen molar-refractivity contribution in [3.05, 3.63) is 12.7 Å². The molecule has 40 valence electrons. The van der Waals surface area contributed by atoms with Gasteiger partial charge < -0.3 is 0 Å². The van der Waals surface area contributed by atoms with E-state index in [0.29, 0.717) is 6.54 Å². The zero-order valence-corrected chi connectivity index (χ0v) is 4.09. The lowest BCUT2D eigenvalue weighted by Crippen LogP contribution is -2.28. The summed E-state index contributed by atoms with van der Waals surface area (Å²) < 4.78 is 0. The zero-order chi connectivity index (χ0) is 5.70. The molecular formula is C4H9N3. The van der Waals surface area contributed by atoms with Crippen LogP contribution >= 0.6 is 0 Å². The zero-order valence-electron chi connectivity index (χ0n) is 4.09. The second kappa shape index (κ2) is 3.36. The fourth-order valence-corrected chi connectivity index (χ4v) is 0.202. The monoisotopic (exact) mass is 99.1 g/mol. The Bertz CT molecular complexity index is 69.3. The van der Waals surface area contributed by atoms with E-state index in [1.165, 1.54) is 5.01 Å². The molecule has 0 aromatic carbocycles. The minimum Gasteiger partial charge on any atom is -0.298 e. The molecule has 0 heterocycles. The smallest absolute Gasteiger partial charge is 0.0961 e. The summed E-state index contributed by atoms with van der Waals surface area (Å²) in [6.07, 6.45) is 2.67. The molecule has 0 atom stereocenters. The molecule has 0 amide bonds. The number of nitrogens with two attached hydrogens (primary N) is 1. The maximum Gasteiger partial charge on any atom is 0.0961 e. The summed E-state index contributed by atoms with van der Waals surface area (Å²) in [5.41, 5.74) is 0. The molecule has 7 heavy (non-hydrogen) atoms. The Balaban J connectivity index is 3.15. The van der Waals surface area contributed by atoms with Gasteiger partial charge >= 0.3 is 0 Å². The van der Waals surface area contributed by atoms with Gasteiger partial charge in [0.1, 0.15) is 0 Å². The van der Waals surface area contributed by atoms with Gasteiger partial charge in [-0.3, -0.25) is 10.4 Å². The van der Waals surface area contributed by atoms with Crippen molar-refractivity contribution in [1.29, 1.82) is 5.41 Å². The second-order valence-electron chi connectivity index (χ2n) is 1.11. The van der Waals surface area contributed by atoms with Gasteiger partial charge in [-0.05, 0) is 0 Å². The van der Waals surface area contributed by atoms with Gasteiger partial charge in [0.15, 0.2) is 0 Å². The van der Waals surface area contributed by atoms with Crippen molar-refractivity contribution in [2.24, 2.45) is 5.84 Å². The van der Waals surface area contributed by atoms with Crippen LogP contribution in [0.3, 0.4) is 0 Å². The van der Waals surface area contributed by atoms with Crippen LogP contribution in [-0.4, -0.2) is 17.9 Å². The number of hydrogen-bond donors (Lipinski definition) is 2. The summed E-state index contributed by atoms with van der Waals surface area (Å²) in [6, 6.07) is 0. The van der Waals surface area contributed by atoms with Gasteiger partial charge in [0.05, 0.1) is 12.9 Å². The summed E-state index contributed by atoms with van der Waals surface area (Å²) in [6.45, 7) is 3.95. The number of hydrogen-bond acceptors (Lipinski definition) is 2. The molecule has 0 aliphatic heterocycles. The van der Waals surface area contributed by atoms with Crippen molar-refractivity contribution >= 4 is 6.34 Å². The van der Waals surface area contributed by atoms with Gasteiger partial charge in [-0.1, -0.05) is 6.08 Å². The molecule has 0 bridgehead atoms. The van der Waals surface area contributed by atoms with E-state index in [9.17, 15) is 0 Å². The highest BCUT2D eigenvalue weighted by molar-refractivity contribution is 5.49. The van der Waals surface area contributed by atoms with Crippen LogP contribution in [0.1, 0.15) is 0 Å². The quantitative estimate of drug-likeness (QED) is 0.171. The Labute approximate surface area is 42.9 Å². The van der Waals surface area contributed by atoms with Crippen LogP contribution in [0.15, 0.2) is 12.7 Å². The largest absolute Gasteiger partial charge is 0.298 e. The fourth-order valence-electron chi connectivity index (χ4n) is 0.202. The van der Waals surface area contributed by atoms with E-state index in [-0.39, 0.29) is 0 Å². The molecule has 0 fully saturated rings. The topological polar surface area (TPSA) is 53.1 Å². The number of rotatable bonds is 3. The first-order valence-corrected chi connectivity index (χ1v) is 1.94. The predicted octanol–water partition coefficient (Wildman–Crippen LogP) is -0.0448. The van der Waals surface area contributed by atoms with Crippen molar-refractivity contribution in [2.45, 2.75) is 0 Å². The third-order valence-corrected chi connectivity index (χ3v) is 0.506. The van der Waals surface area contributed by atoms with Crippen molar-refractivity contribution in [3.8, 4) is 0 Å². The van der Waals surface area contributed by atoms with Gasteiger partial charge in [-0.2, -0.15) is 0 Å². The Morgan fingerprint density at radius 3 is 2.57 bits per heavy atom. The third-order valence-electron chi connectivity index (χ3n) is 0.506. The van der Waals surface area contributed by atoms with E-state index in [1.54, 1.807) is 6.08 Å². The van der Waals surface area contributed by atoms with Gasteiger partial charge in [-0.15, -0.1) is 6.58 Å². The molecule has 3 heteroatoms. The first-order chi connectivity index (χ1) is 3.31. The van der Waals surface area contributed by atoms with Crippen LogP contribution in [-0.2, 0) is 0 Å². The highest BCUT2D eigenvalue weighted by Crippen LogP contribution is 1.66. The Morgan fingerprint density at radius 2 is 2.43 bits per heavy atom. The van der Waals surface area contributed by atoms with E-state index in [4.69, 9.17) is 11.3 Å². The molecule has 0 aliphatic carbocycles. The molecular weight excluding hydrogens is 90.1 g/mol. The van der Waals surface area contributed by atoms with Crippen LogP contribution in [0, 0.1) is 5.41 Å². The lowest BCUT2D eigenvalue weighted by Gasteiger charge is -2.05. The van der Waals surface area contributed by atoms with Crippen molar-refractivity contribution < 1.29 is 0 Å². The molecule has 0 saturated carbocycles. The summed E-state index contributed by atoms with van der Waals surface area (Å²) in [5.74, 6) is 5.10. The molecule has 0 aromatic heterocycles. The summed E-state index contributed by atoms with van der Waals surface area (Å²) >= 11 is 0. The highest BCUT2D eigenvalue weighted by atomic mass is 15.4. The lowest BCUT2D eigenvalue weighted by atomic mass is 10.6. The molecule has 3 N–H and O–H groups in total. The average Bonchev–Trinajstić information content (AvgIpc) is 1.68. The molecule has 0 aromatic rings. The van der Waals surface area contributed by atoms with Crippen molar-refractivity contribution in [3.63, 3.8) is 0 Å². The van der Waals surface area contributed by atoms with Crippen LogP contribution < -0.4 is 5.84 Å². The van der Waals surface area contributed by atoms with Crippen molar-refractivity contribution in [2.75, 3.05) is 6.54 Å². The Kier molecular flexibility index (Phi) is 2.96. The summed E-state index contributed by atoms with van der Waals surface area (Å²) in [7, 11) is 0. The summed E-state index contributed by atoms with van der Waals surface area (Å²) in [4.78, 5) is 0. The molecule has 0 unspecified atom stereocenters. The van der Waals surface area contributed by atoms with Gasteiger partial charge in [0.25, 0.3) is 0 Å². The van der Waals surface area contributed by atoms with Gasteiger partial charge in [0, 0.05) is 0 Å². The van der Waals surface area contributed by atoms with E-state index in [1.807, 2.05) is 0 Å². The molecule has 0 radical (unpaired) electrons. The third kappa shape index (κ3) is 2.99. The van der Waals surface area contributed by atoms with Crippen molar-refractivity contribution in [1.82, 2.24) is 5.01 Å². The van der Waals surface area contributed by atoms with E-state index in [2.05, 4.69) is 6.58 Å². The maximum absolute atomic E-state index is 6.54.